The molecule has 92 valence electrons. The smallest absolute Gasteiger partial charge is 0.248 e. The van der Waals surface area contributed by atoms with Gasteiger partial charge in [-0.1, -0.05) is 0 Å². The Morgan fingerprint density at radius 1 is 1.25 bits per heavy atom. The van der Waals surface area contributed by atoms with Crippen LogP contribution in [0.25, 0.3) is 0 Å². The quantitative estimate of drug-likeness (QED) is 0.801. The monoisotopic (exact) mass is 244 g/mol. The number of thioether (sulfide) groups is 1. The van der Waals surface area contributed by atoms with Gasteiger partial charge in [-0.15, -0.1) is 0 Å². The molecular formula is C11H20N2O2S. The van der Waals surface area contributed by atoms with Gasteiger partial charge < -0.3 is 10.2 Å². The van der Waals surface area contributed by atoms with E-state index in [1.54, 1.807) is 44.4 Å². The minimum Gasteiger partial charge on any atom is -0.340 e. The van der Waals surface area contributed by atoms with E-state index in [9.17, 15) is 9.59 Å². The number of carbonyl (C=O) groups is 2. The standard InChI is InChI=1S/C11H20N2O2S/c1-10(2)9(15)13(6-7-16-5)11(3,4)8(14)12-10/h6-7H2,1-5H3,(H,12,14). The first-order valence-corrected chi connectivity index (χ1v) is 6.76. The van der Waals surface area contributed by atoms with Crippen molar-refractivity contribution >= 4 is 23.6 Å². The number of hydrogen-bond acceptors (Lipinski definition) is 3. The van der Waals surface area contributed by atoms with E-state index in [-0.39, 0.29) is 11.8 Å². The lowest BCUT2D eigenvalue weighted by molar-refractivity contribution is -0.159. The average Bonchev–Trinajstić information content (AvgIpc) is 2.15. The topological polar surface area (TPSA) is 49.4 Å². The highest BCUT2D eigenvalue weighted by atomic mass is 32.2. The molecular weight excluding hydrogens is 224 g/mol. The number of carbonyl (C=O) groups excluding carboxylic acids is 2. The normalized spacial score (nSPS) is 23.2. The minimum absolute atomic E-state index is 0.00819. The van der Waals surface area contributed by atoms with Crippen LogP contribution in [-0.2, 0) is 9.59 Å². The molecule has 0 radical (unpaired) electrons. The predicted molar refractivity (Wildman–Crippen MR) is 66.4 cm³/mol. The van der Waals surface area contributed by atoms with Crippen molar-refractivity contribution in [3.8, 4) is 0 Å². The molecule has 1 saturated heterocycles. The molecule has 0 aromatic heterocycles. The van der Waals surface area contributed by atoms with Gasteiger partial charge in [0, 0.05) is 12.3 Å². The highest BCUT2D eigenvalue weighted by molar-refractivity contribution is 7.98. The van der Waals surface area contributed by atoms with Crippen LogP contribution < -0.4 is 5.32 Å². The first-order valence-electron chi connectivity index (χ1n) is 5.37. The summed E-state index contributed by atoms with van der Waals surface area (Å²) in [6, 6.07) is 0. The average molecular weight is 244 g/mol. The molecule has 1 rings (SSSR count). The van der Waals surface area contributed by atoms with Crippen LogP contribution >= 0.6 is 11.8 Å². The Balaban J connectivity index is 2.97. The van der Waals surface area contributed by atoms with Gasteiger partial charge in [-0.2, -0.15) is 11.8 Å². The summed E-state index contributed by atoms with van der Waals surface area (Å²) in [7, 11) is 0. The van der Waals surface area contributed by atoms with E-state index in [1.807, 2.05) is 6.26 Å². The molecule has 1 N–H and O–H groups in total. The maximum Gasteiger partial charge on any atom is 0.248 e. The third-order valence-corrected chi connectivity index (χ3v) is 3.55. The van der Waals surface area contributed by atoms with Crippen molar-refractivity contribution in [1.82, 2.24) is 10.2 Å². The molecule has 1 aliphatic heterocycles. The first kappa shape index (κ1) is 13.4. The van der Waals surface area contributed by atoms with Crippen molar-refractivity contribution in [3.63, 3.8) is 0 Å². The van der Waals surface area contributed by atoms with Gasteiger partial charge in [0.2, 0.25) is 11.8 Å². The Labute approximate surface area is 101 Å². The van der Waals surface area contributed by atoms with Crippen molar-refractivity contribution in [2.45, 2.75) is 38.8 Å². The van der Waals surface area contributed by atoms with Crippen molar-refractivity contribution in [1.29, 1.82) is 0 Å². The van der Waals surface area contributed by atoms with Crippen LogP contribution in [0, 0.1) is 0 Å². The number of nitrogens with one attached hydrogen (secondary N) is 1. The van der Waals surface area contributed by atoms with E-state index in [4.69, 9.17) is 0 Å². The first-order chi connectivity index (χ1) is 7.23. The van der Waals surface area contributed by atoms with Crippen LogP contribution in [-0.4, -0.2) is 46.3 Å². The lowest BCUT2D eigenvalue weighted by atomic mass is 9.90. The summed E-state index contributed by atoms with van der Waals surface area (Å²) in [6.07, 6.45) is 1.99. The van der Waals surface area contributed by atoms with Gasteiger partial charge in [0.15, 0.2) is 0 Å². The molecule has 0 atom stereocenters. The molecule has 0 saturated carbocycles. The summed E-state index contributed by atoms with van der Waals surface area (Å²) in [4.78, 5) is 25.8. The summed E-state index contributed by atoms with van der Waals surface area (Å²) in [5, 5.41) is 2.77. The fraction of sp³-hybridized carbons (Fsp3) is 0.818. The predicted octanol–water partition coefficient (Wildman–Crippen LogP) is 0.865. The van der Waals surface area contributed by atoms with E-state index in [0.29, 0.717) is 6.54 Å². The third kappa shape index (κ3) is 2.19. The van der Waals surface area contributed by atoms with Crippen molar-refractivity contribution in [2.24, 2.45) is 0 Å². The second-order valence-corrected chi connectivity index (χ2v) is 6.07. The molecule has 0 aromatic carbocycles. The van der Waals surface area contributed by atoms with Gasteiger partial charge in [0.05, 0.1) is 0 Å². The van der Waals surface area contributed by atoms with E-state index in [0.717, 1.165) is 5.75 Å². The zero-order valence-corrected chi connectivity index (χ0v) is 11.4. The molecule has 16 heavy (non-hydrogen) atoms. The summed E-state index contributed by atoms with van der Waals surface area (Å²) >= 11 is 1.67. The van der Waals surface area contributed by atoms with Gasteiger partial charge in [-0.05, 0) is 34.0 Å². The van der Waals surface area contributed by atoms with Crippen molar-refractivity contribution in [3.05, 3.63) is 0 Å². The summed E-state index contributed by atoms with van der Waals surface area (Å²) in [5.41, 5.74) is -1.53. The van der Waals surface area contributed by atoms with Crippen molar-refractivity contribution < 1.29 is 9.59 Å². The number of rotatable bonds is 3. The summed E-state index contributed by atoms with van der Waals surface area (Å²) in [6.45, 7) is 7.68. The van der Waals surface area contributed by atoms with E-state index < -0.39 is 11.1 Å². The SMILES string of the molecule is CSCCN1C(=O)C(C)(C)NC(=O)C1(C)C. The molecule has 0 unspecified atom stereocenters. The molecule has 4 nitrogen and oxygen atoms in total. The molecule has 1 aliphatic rings. The third-order valence-electron chi connectivity index (χ3n) is 2.96. The second kappa shape index (κ2) is 4.28. The Morgan fingerprint density at radius 3 is 2.31 bits per heavy atom. The number of piperazine rings is 1. The maximum absolute atomic E-state index is 12.2. The lowest BCUT2D eigenvalue weighted by Crippen LogP contribution is -2.72. The second-order valence-electron chi connectivity index (χ2n) is 5.09. The largest absolute Gasteiger partial charge is 0.340 e. The van der Waals surface area contributed by atoms with E-state index in [1.165, 1.54) is 0 Å². The highest BCUT2D eigenvalue weighted by Crippen LogP contribution is 2.25. The van der Waals surface area contributed by atoms with Gasteiger partial charge >= 0.3 is 0 Å². The highest BCUT2D eigenvalue weighted by Gasteiger charge is 2.49. The van der Waals surface area contributed by atoms with Crippen LogP contribution in [0.2, 0.25) is 0 Å². The molecule has 0 spiro atoms. The van der Waals surface area contributed by atoms with Crippen molar-refractivity contribution in [2.75, 3.05) is 18.6 Å². The van der Waals surface area contributed by atoms with E-state index in [2.05, 4.69) is 5.32 Å². The molecule has 1 heterocycles. The van der Waals surface area contributed by atoms with Gasteiger partial charge in [-0.3, -0.25) is 9.59 Å². The van der Waals surface area contributed by atoms with E-state index >= 15 is 0 Å². The molecule has 0 aliphatic carbocycles. The van der Waals surface area contributed by atoms with Crippen LogP contribution in [0.4, 0.5) is 0 Å². The fourth-order valence-corrected chi connectivity index (χ4v) is 2.13. The Morgan fingerprint density at radius 2 is 1.81 bits per heavy atom. The van der Waals surface area contributed by atoms with Gasteiger partial charge in [0.1, 0.15) is 11.1 Å². The zero-order chi connectivity index (χ0) is 12.6. The summed E-state index contributed by atoms with van der Waals surface area (Å²) < 4.78 is 0. The molecule has 1 fully saturated rings. The fourth-order valence-electron chi connectivity index (χ4n) is 1.77. The van der Waals surface area contributed by atoms with Crippen LogP contribution in [0.3, 0.4) is 0 Å². The number of amides is 2. The Bertz CT molecular complexity index is 313. The molecule has 0 bridgehead atoms. The van der Waals surface area contributed by atoms with Crippen LogP contribution in [0.5, 0.6) is 0 Å². The summed E-state index contributed by atoms with van der Waals surface area (Å²) in [5.74, 6) is 0.753. The Kier molecular flexibility index (Phi) is 3.57. The maximum atomic E-state index is 12.2. The van der Waals surface area contributed by atoms with Gasteiger partial charge in [0.25, 0.3) is 0 Å². The number of nitrogens with zero attached hydrogens (tertiary/aromatic N) is 1. The number of hydrogen-bond donors (Lipinski definition) is 1. The molecule has 0 aromatic rings. The van der Waals surface area contributed by atoms with Crippen LogP contribution in [0.15, 0.2) is 0 Å². The minimum atomic E-state index is -0.787. The lowest BCUT2D eigenvalue weighted by Gasteiger charge is -2.47. The van der Waals surface area contributed by atoms with Crippen LogP contribution in [0.1, 0.15) is 27.7 Å². The zero-order valence-electron chi connectivity index (χ0n) is 10.6. The molecule has 2 amide bonds. The van der Waals surface area contributed by atoms with Gasteiger partial charge in [-0.25, -0.2) is 0 Å². The molecule has 5 heteroatoms. The Hall–Kier alpha value is -0.710.